The fraction of sp³-hybridized carbons (Fsp3) is 0.429. The van der Waals surface area contributed by atoms with Crippen LogP contribution in [0.15, 0.2) is 24.3 Å². The van der Waals surface area contributed by atoms with Crippen molar-refractivity contribution in [3.8, 4) is 5.75 Å². The van der Waals surface area contributed by atoms with Gasteiger partial charge >= 0.3 is 5.97 Å². The van der Waals surface area contributed by atoms with Gasteiger partial charge in [0.15, 0.2) is 0 Å². The molecule has 4 nitrogen and oxygen atoms in total. The average Bonchev–Trinajstić information content (AvgIpc) is 2.26. The molecule has 18 heavy (non-hydrogen) atoms. The number of aryl methyl sites for hydroxylation is 1. The number of ketones is 1. The van der Waals surface area contributed by atoms with E-state index in [0.29, 0.717) is 12.2 Å². The minimum atomic E-state index is -0.874. The Balaban J connectivity index is 2.49. The Labute approximate surface area is 107 Å². The van der Waals surface area contributed by atoms with Gasteiger partial charge in [0.1, 0.15) is 17.6 Å². The summed E-state index contributed by atoms with van der Waals surface area (Å²) in [6, 6.07) is 7.39. The maximum absolute atomic E-state index is 10.9. The lowest BCUT2D eigenvalue weighted by Crippen LogP contribution is -2.16. The first-order valence-corrected chi connectivity index (χ1v) is 5.94. The Bertz CT molecular complexity index is 408. The normalized spacial score (nSPS) is 11.9. The number of ether oxygens (including phenoxy) is 1. The van der Waals surface area contributed by atoms with Crippen molar-refractivity contribution in [2.45, 2.75) is 39.2 Å². The van der Waals surface area contributed by atoms with E-state index in [9.17, 15) is 9.59 Å². The number of carboxylic acid groups (broad SMARTS) is 1. The van der Waals surface area contributed by atoms with Crippen LogP contribution >= 0.6 is 0 Å². The zero-order chi connectivity index (χ0) is 13.5. The number of rotatable bonds is 7. The molecule has 1 aromatic carbocycles. The molecule has 1 atom stereocenters. The number of Topliss-reactive ketones (excluding diaryl/α,β-unsaturated/α-hetero) is 1. The molecule has 0 heterocycles. The van der Waals surface area contributed by atoms with Crippen LogP contribution in [0.25, 0.3) is 0 Å². The molecule has 0 bridgehead atoms. The molecule has 0 saturated heterocycles. The van der Waals surface area contributed by atoms with E-state index in [1.165, 1.54) is 0 Å². The van der Waals surface area contributed by atoms with Gasteiger partial charge < -0.3 is 14.6 Å². The second-order valence-corrected chi connectivity index (χ2v) is 4.37. The Hall–Kier alpha value is -1.84. The van der Waals surface area contributed by atoms with Crippen LogP contribution in [-0.4, -0.2) is 23.0 Å². The maximum atomic E-state index is 10.9. The fourth-order valence-corrected chi connectivity index (χ4v) is 1.57. The predicted molar refractivity (Wildman–Crippen MR) is 67.8 cm³/mol. The van der Waals surface area contributed by atoms with E-state index in [1.807, 2.05) is 12.1 Å². The van der Waals surface area contributed by atoms with E-state index in [0.717, 1.165) is 12.0 Å². The van der Waals surface area contributed by atoms with Crippen LogP contribution in [0.1, 0.15) is 32.3 Å². The van der Waals surface area contributed by atoms with Crippen molar-refractivity contribution in [3.05, 3.63) is 29.8 Å². The molecule has 0 aliphatic carbocycles. The van der Waals surface area contributed by atoms with E-state index >= 15 is 0 Å². The monoisotopic (exact) mass is 250 g/mol. The highest BCUT2D eigenvalue weighted by Gasteiger charge is 2.08. The first kappa shape index (κ1) is 14.2. The van der Waals surface area contributed by atoms with E-state index in [-0.39, 0.29) is 18.3 Å². The number of aliphatic carboxylic acids is 1. The molecule has 0 aliphatic rings. The molecule has 1 unspecified atom stereocenters. The lowest BCUT2D eigenvalue weighted by molar-refractivity contribution is -0.138. The van der Waals surface area contributed by atoms with E-state index in [2.05, 4.69) is 0 Å². The standard InChI is InChI=1S/C14H18O4/c1-10(15)3-4-12-5-7-13(8-6-12)18-11(2)9-14(16)17/h5-8,11H,3-4,9H2,1-2H3,(H,16,17). The van der Waals surface area contributed by atoms with Crippen molar-refractivity contribution >= 4 is 11.8 Å². The number of hydrogen-bond acceptors (Lipinski definition) is 3. The summed E-state index contributed by atoms with van der Waals surface area (Å²) in [7, 11) is 0. The molecule has 98 valence electrons. The van der Waals surface area contributed by atoms with Gasteiger partial charge in [0, 0.05) is 6.42 Å². The van der Waals surface area contributed by atoms with E-state index in [1.54, 1.807) is 26.0 Å². The molecule has 0 saturated carbocycles. The number of benzene rings is 1. The van der Waals surface area contributed by atoms with Crippen molar-refractivity contribution in [2.75, 3.05) is 0 Å². The summed E-state index contributed by atoms with van der Waals surface area (Å²) < 4.78 is 5.46. The SMILES string of the molecule is CC(=O)CCc1ccc(OC(C)CC(=O)O)cc1. The van der Waals surface area contributed by atoms with Crippen LogP contribution in [0.2, 0.25) is 0 Å². The highest BCUT2D eigenvalue weighted by molar-refractivity contribution is 5.75. The fourth-order valence-electron chi connectivity index (χ4n) is 1.57. The van der Waals surface area contributed by atoms with Crippen LogP contribution in [0, 0.1) is 0 Å². The van der Waals surface area contributed by atoms with Gasteiger partial charge in [-0.2, -0.15) is 0 Å². The summed E-state index contributed by atoms with van der Waals surface area (Å²) in [6.45, 7) is 3.29. The second-order valence-electron chi connectivity index (χ2n) is 4.37. The molecule has 1 rings (SSSR count). The summed E-state index contributed by atoms with van der Waals surface area (Å²) in [5.74, 6) is -0.0543. The Morgan fingerprint density at radius 1 is 1.28 bits per heavy atom. The third-order valence-corrected chi connectivity index (χ3v) is 2.49. The molecule has 0 spiro atoms. The van der Waals surface area contributed by atoms with Gasteiger partial charge in [-0.1, -0.05) is 12.1 Å². The van der Waals surface area contributed by atoms with Crippen LogP contribution in [0.4, 0.5) is 0 Å². The quantitative estimate of drug-likeness (QED) is 0.807. The molecular formula is C14H18O4. The molecule has 0 radical (unpaired) electrons. The minimum Gasteiger partial charge on any atom is -0.490 e. The van der Waals surface area contributed by atoms with Crippen molar-refractivity contribution in [2.24, 2.45) is 0 Å². The molecule has 1 aromatic rings. The third kappa shape index (κ3) is 5.48. The van der Waals surface area contributed by atoms with Crippen molar-refractivity contribution in [3.63, 3.8) is 0 Å². The Kier molecular flexibility index (Phi) is 5.36. The van der Waals surface area contributed by atoms with Crippen LogP contribution in [0.5, 0.6) is 5.75 Å². The number of hydrogen-bond donors (Lipinski definition) is 1. The third-order valence-electron chi connectivity index (χ3n) is 2.49. The van der Waals surface area contributed by atoms with Crippen molar-refractivity contribution in [1.29, 1.82) is 0 Å². The molecule has 0 fully saturated rings. The van der Waals surface area contributed by atoms with Crippen molar-refractivity contribution < 1.29 is 19.4 Å². The Morgan fingerprint density at radius 3 is 2.39 bits per heavy atom. The molecule has 4 heteroatoms. The molecule has 1 N–H and O–H groups in total. The zero-order valence-corrected chi connectivity index (χ0v) is 10.7. The van der Waals surface area contributed by atoms with Gasteiger partial charge in [-0.3, -0.25) is 4.79 Å². The second kappa shape index (κ2) is 6.79. The number of carbonyl (C=O) groups is 2. The van der Waals surface area contributed by atoms with Gasteiger partial charge in [-0.05, 0) is 38.0 Å². The summed E-state index contributed by atoms with van der Waals surface area (Å²) >= 11 is 0. The van der Waals surface area contributed by atoms with E-state index < -0.39 is 5.97 Å². The van der Waals surface area contributed by atoms with Gasteiger partial charge in [0.05, 0.1) is 6.42 Å². The van der Waals surface area contributed by atoms with Crippen LogP contribution < -0.4 is 4.74 Å². The number of carbonyl (C=O) groups excluding carboxylic acids is 1. The summed E-state index contributed by atoms with van der Waals surface area (Å²) in [5.41, 5.74) is 1.07. The zero-order valence-electron chi connectivity index (χ0n) is 10.7. The van der Waals surface area contributed by atoms with Gasteiger partial charge in [-0.25, -0.2) is 0 Å². The maximum Gasteiger partial charge on any atom is 0.307 e. The molecule has 0 amide bonds. The van der Waals surface area contributed by atoms with Gasteiger partial charge in [0.25, 0.3) is 0 Å². The number of carboxylic acids is 1. The topological polar surface area (TPSA) is 63.6 Å². The highest BCUT2D eigenvalue weighted by Crippen LogP contribution is 2.15. The Morgan fingerprint density at radius 2 is 1.89 bits per heavy atom. The largest absolute Gasteiger partial charge is 0.490 e. The smallest absolute Gasteiger partial charge is 0.307 e. The first-order valence-electron chi connectivity index (χ1n) is 5.94. The predicted octanol–water partition coefficient (Wildman–Crippen LogP) is 2.45. The lowest BCUT2D eigenvalue weighted by Gasteiger charge is -2.12. The lowest BCUT2D eigenvalue weighted by atomic mass is 10.1. The molecule has 0 aliphatic heterocycles. The van der Waals surface area contributed by atoms with Crippen LogP contribution in [0.3, 0.4) is 0 Å². The summed E-state index contributed by atoms with van der Waals surface area (Å²) in [5, 5.41) is 8.62. The van der Waals surface area contributed by atoms with Crippen molar-refractivity contribution in [1.82, 2.24) is 0 Å². The molecule has 0 aromatic heterocycles. The summed E-state index contributed by atoms with van der Waals surface area (Å²) in [4.78, 5) is 21.3. The average molecular weight is 250 g/mol. The minimum absolute atomic E-state index is 0.0217. The van der Waals surface area contributed by atoms with Gasteiger partial charge in [-0.15, -0.1) is 0 Å². The summed E-state index contributed by atoms with van der Waals surface area (Å²) in [6.07, 6.45) is 0.882. The van der Waals surface area contributed by atoms with E-state index in [4.69, 9.17) is 9.84 Å². The highest BCUT2D eigenvalue weighted by atomic mass is 16.5. The van der Waals surface area contributed by atoms with Crippen LogP contribution in [-0.2, 0) is 16.0 Å². The molecular weight excluding hydrogens is 232 g/mol. The van der Waals surface area contributed by atoms with Gasteiger partial charge in [0.2, 0.25) is 0 Å². The first-order chi connectivity index (χ1) is 8.47.